The monoisotopic (exact) mass is 802 g/mol. The fourth-order valence-corrected chi connectivity index (χ4v) is 11.6. The topological polar surface area (TPSA) is 8.17 Å². The molecule has 62 heavy (non-hydrogen) atoms. The summed E-state index contributed by atoms with van der Waals surface area (Å²) >= 11 is 0. The average molecular weight is 803 g/mol. The van der Waals surface area contributed by atoms with Crippen molar-refractivity contribution < 1.29 is 0 Å². The van der Waals surface area contributed by atoms with Gasteiger partial charge in [0, 0.05) is 38.7 Å². The Hall–Kier alpha value is -6.64. The molecule has 1 aromatic heterocycles. The Bertz CT molecular complexity index is 3210. The van der Waals surface area contributed by atoms with Gasteiger partial charge in [-0.2, -0.15) is 0 Å². The number of aryl methyl sites for hydroxylation is 2. The van der Waals surface area contributed by atoms with E-state index in [9.17, 15) is 0 Å². The van der Waals surface area contributed by atoms with Crippen LogP contribution in [0.4, 0.5) is 17.1 Å². The number of aromatic nitrogens is 1. The molecule has 2 nitrogen and oxygen atoms in total. The molecule has 0 N–H and O–H groups in total. The zero-order chi connectivity index (χ0) is 42.9. The molecule has 2 aliphatic carbocycles. The lowest BCUT2D eigenvalue weighted by atomic mass is 9.70. The fraction of sp³-hybridized carbons (Fsp3) is 0.200. The quantitative estimate of drug-likeness (QED) is 0.168. The van der Waals surface area contributed by atoms with Crippen molar-refractivity contribution in [2.24, 2.45) is 0 Å². The molecule has 0 fully saturated rings. The SMILES string of the molecule is Cc1ccccc1-c1ccc(N(c2ccc3c4ccccc4n(-c4ccccc4)c3c2)c2c3c(c(C(C)(C)C)c4c2C(C)(C)c2ccccc2-4)-c2ccccc2C3(C)C)cc1C. The largest absolute Gasteiger partial charge is 0.310 e. The molecule has 9 aromatic rings. The van der Waals surface area contributed by atoms with E-state index in [1.54, 1.807) is 0 Å². The predicted molar refractivity (Wildman–Crippen MR) is 264 cm³/mol. The van der Waals surface area contributed by atoms with Gasteiger partial charge in [-0.3, -0.25) is 0 Å². The van der Waals surface area contributed by atoms with Crippen molar-refractivity contribution in [2.75, 3.05) is 4.90 Å². The molecule has 0 radical (unpaired) electrons. The number of rotatable bonds is 5. The van der Waals surface area contributed by atoms with Crippen LogP contribution in [0.3, 0.4) is 0 Å². The number of para-hydroxylation sites is 2. The van der Waals surface area contributed by atoms with E-state index in [0.29, 0.717) is 0 Å². The van der Waals surface area contributed by atoms with Gasteiger partial charge >= 0.3 is 0 Å². The summed E-state index contributed by atoms with van der Waals surface area (Å²) in [4.78, 5) is 2.66. The second kappa shape index (κ2) is 13.4. The van der Waals surface area contributed by atoms with Crippen LogP contribution in [0.15, 0.2) is 164 Å². The summed E-state index contributed by atoms with van der Waals surface area (Å²) in [5.41, 5.74) is 24.1. The summed E-state index contributed by atoms with van der Waals surface area (Å²) in [6.45, 7) is 21.7. The van der Waals surface area contributed by atoms with Gasteiger partial charge in [0.25, 0.3) is 0 Å². The minimum Gasteiger partial charge on any atom is -0.310 e. The molecule has 0 aliphatic heterocycles. The molecule has 2 aliphatic rings. The van der Waals surface area contributed by atoms with Crippen molar-refractivity contribution in [3.05, 3.63) is 203 Å². The van der Waals surface area contributed by atoms with Crippen LogP contribution >= 0.6 is 0 Å². The van der Waals surface area contributed by atoms with Gasteiger partial charge in [-0.05, 0) is 134 Å². The second-order valence-electron chi connectivity index (χ2n) is 19.9. The molecule has 0 atom stereocenters. The smallest absolute Gasteiger partial charge is 0.0561 e. The van der Waals surface area contributed by atoms with E-state index in [1.807, 2.05) is 0 Å². The highest BCUT2D eigenvalue weighted by atomic mass is 15.2. The fourth-order valence-electron chi connectivity index (χ4n) is 11.6. The summed E-state index contributed by atoms with van der Waals surface area (Å²) in [6.07, 6.45) is 0. The second-order valence-corrected chi connectivity index (χ2v) is 19.9. The van der Waals surface area contributed by atoms with Gasteiger partial charge in [-0.1, -0.05) is 170 Å². The molecule has 0 saturated heterocycles. The molecule has 2 heteroatoms. The van der Waals surface area contributed by atoms with Crippen LogP contribution in [0, 0.1) is 13.8 Å². The Balaban J connectivity index is 1.32. The number of hydrogen-bond acceptors (Lipinski definition) is 1. The Morgan fingerprint density at radius 2 is 0.952 bits per heavy atom. The first kappa shape index (κ1) is 38.3. The van der Waals surface area contributed by atoms with Crippen LogP contribution in [0.1, 0.15) is 87.4 Å². The van der Waals surface area contributed by atoms with Crippen molar-refractivity contribution in [3.8, 4) is 39.1 Å². The average Bonchev–Trinajstić information content (AvgIpc) is 3.81. The zero-order valence-corrected chi connectivity index (χ0v) is 37.5. The van der Waals surface area contributed by atoms with Gasteiger partial charge in [0.15, 0.2) is 0 Å². The highest BCUT2D eigenvalue weighted by molar-refractivity contribution is 6.11. The Morgan fingerprint density at radius 1 is 0.452 bits per heavy atom. The van der Waals surface area contributed by atoms with Crippen molar-refractivity contribution in [2.45, 2.75) is 78.6 Å². The maximum atomic E-state index is 2.66. The lowest BCUT2D eigenvalue weighted by molar-refractivity contribution is 0.587. The minimum absolute atomic E-state index is 0.139. The molecule has 1 heterocycles. The molecule has 0 unspecified atom stereocenters. The van der Waals surface area contributed by atoms with Gasteiger partial charge in [0.1, 0.15) is 0 Å². The third kappa shape index (κ3) is 5.35. The molecule has 11 rings (SSSR count). The van der Waals surface area contributed by atoms with Gasteiger partial charge in [-0.15, -0.1) is 0 Å². The molecule has 0 saturated carbocycles. The van der Waals surface area contributed by atoms with E-state index in [4.69, 9.17) is 0 Å². The number of fused-ring (bicyclic) bond motifs is 9. The summed E-state index contributed by atoms with van der Waals surface area (Å²) in [5.74, 6) is 0. The third-order valence-electron chi connectivity index (χ3n) is 14.3. The highest BCUT2D eigenvalue weighted by Gasteiger charge is 2.50. The van der Waals surface area contributed by atoms with E-state index in [-0.39, 0.29) is 16.2 Å². The lowest BCUT2D eigenvalue weighted by Gasteiger charge is -2.39. The summed E-state index contributed by atoms with van der Waals surface area (Å²) in [7, 11) is 0. The maximum Gasteiger partial charge on any atom is 0.0561 e. The van der Waals surface area contributed by atoms with Crippen molar-refractivity contribution in [3.63, 3.8) is 0 Å². The van der Waals surface area contributed by atoms with E-state index < -0.39 is 0 Å². The van der Waals surface area contributed by atoms with E-state index >= 15 is 0 Å². The van der Waals surface area contributed by atoms with E-state index in [1.165, 1.54) is 99.8 Å². The van der Waals surface area contributed by atoms with Gasteiger partial charge < -0.3 is 9.47 Å². The van der Waals surface area contributed by atoms with Gasteiger partial charge in [0.05, 0.1) is 16.7 Å². The molecular weight excluding hydrogens is 749 g/mol. The van der Waals surface area contributed by atoms with Crippen LogP contribution in [0.5, 0.6) is 0 Å². The number of benzene rings is 8. The molecule has 0 bridgehead atoms. The summed E-state index contributed by atoms with van der Waals surface area (Å²) in [6, 6.07) is 61.4. The van der Waals surface area contributed by atoms with Crippen LogP contribution in [0.2, 0.25) is 0 Å². The lowest BCUT2D eigenvalue weighted by Crippen LogP contribution is -2.27. The molecule has 304 valence electrons. The van der Waals surface area contributed by atoms with Crippen LogP contribution in [-0.4, -0.2) is 4.57 Å². The Labute approximate surface area is 367 Å². The first-order chi connectivity index (χ1) is 29.8. The van der Waals surface area contributed by atoms with Crippen molar-refractivity contribution >= 4 is 38.9 Å². The molecule has 0 spiro atoms. The van der Waals surface area contributed by atoms with Crippen molar-refractivity contribution in [1.82, 2.24) is 4.57 Å². The molecular formula is C60H54N2. The number of hydrogen-bond donors (Lipinski definition) is 0. The standard InChI is InChI=1S/C60H54N2/c1-37-21-13-14-24-42(37)43-33-31-40(35-38(43)2)61(41-32-34-45-44-25-17-20-30-50(44)62(51(45)36-41)39-22-11-10-12-23-39)57-55-52(46-26-15-18-28-48(46)59(55,6)7)54(58(3,4)5)53-47-27-16-19-29-49(47)60(8,9)56(53)57/h10-36H,1-9H3. The summed E-state index contributed by atoms with van der Waals surface area (Å²) in [5, 5.41) is 2.51. The van der Waals surface area contributed by atoms with Gasteiger partial charge in [0.2, 0.25) is 0 Å². The van der Waals surface area contributed by atoms with Crippen molar-refractivity contribution in [1.29, 1.82) is 0 Å². The number of nitrogens with zero attached hydrogens (tertiary/aromatic N) is 2. The highest BCUT2D eigenvalue weighted by Crippen LogP contribution is 2.65. The zero-order valence-electron chi connectivity index (χ0n) is 37.5. The van der Waals surface area contributed by atoms with Crippen LogP contribution < -0.4 is 4.90 Å². The summed E-state index contributed by atoms with van der Waals surface area (Å²) < 4.78 is 2.45. The first-order valence-electron chi connectivity index (χ1n) is 22.3. The van der Waals surface area contributed by atoms with Crippen LogP contribution in [0.25, 0.3) is 60.9 Å². The predicted octanol–water partition coefficient (Wildman–Crippen LogP) is 16.4. The minimum atomic E-state index is -0.293. The molecule has 0 amide bonds. The maximum absolute atomic E-state index is 2.66. The van der Waals surface area contributed by atoms with E-state index in [2.05, 4.69) is 236 Å². The molecule has 8 aromatic carbocycles. The number of anilines is 3. The third-order valence-corrected chi connectivity index (χ3v) is 14.3. The normalized spacial score (nSPS) is 14.5. The van der Waals surface area contributed by atoms with Gasteiger partial charge in [-0.25, -0.2) is 0 Å². The first-order valence-corrected chi connectivity index (χ1v) is 22.3. The van der Waals surface area contributed by atoms with Crippen LogP contribution in [-0.2, 0) is 16.2 Å². The Morgan fingerprint density at radius 3 is 1.56 bits per heavy atom. The Kier molecular flexibility index (Phi) is 8.29. The van der Waals surface area contributed by atoms with E-state index in [0.717, 1.165) is 17.1 Å².